The summed E-state index contributed by atoms with van der Waals surface area (Å²) >= 11 is 5.28. The molecule has 0 aliphatic rings. The lowest BCUT2D eigenvalue weighted by Crippen LogP contribution is -2.08. The third kappa shape index (κ3) is 2.29. The highest BCUT2D eigenvalue weighted by Gasteiger charge is 2.17. The standard InChI is InChI=1S/C10H9ClF2O/c11-10(14)9-4-2-1-3-8(9)7(5-12)6-13/h1-4,7H,5-6H2. The lowest BCUT2D eigenvalue weighted by Gasteiger charge is -2.11. The Morgan fingerprint density at radius 2 is 1.86 bits per heavy atom. The van der Waals surface area contributed by atoms with Crippen LogP contribution in [0.2, 0.25) is 0 Å². The predicted octanol–water partition coefficient (Wildman–Crippen LogP) is 3.09. The summed E-state index contributed by atoms with van der Waals surface area (Å²) in [5, 5.41) is -0.687. The topological polar surface area (TPSA) is 17.1 Å². The maximum Gasteiger partial charge on any atom is 0.252 e. The highest BCUT2D eigenvalue weighted by Crippen LogP contribution is 2.22. The molecule has 14 heavy (non-hydrogen) atoms. The molecule has 0 saturated carbocycles. The molecule has 0 spiro atoms. The van der Waals surface area contributed by atoms with Crippen LogP contribution in [0.4, 0.5) is 8.78 Å². The number of carbonyl (C=O) groups excluding carboxylic acids is 1. The normalized spacial score (nSPS) is 10.6. The first kappa shape index (κ1) is 11.1. The Hall–Kier alpha value is -0.960. The van der Waals surface area contributed by atoms with Crippen molar-refractivity contribution >= 4 is 16.8 Å². The molecule has 1 aromatic carbocycles. The van der Waals surface area contributed by atoms with Crippen LogP contribution in [0.5, 0.6) is 0 Å². The summed E-state index contributed by atoms with van der Waals surface area (Å²) in [5.41, 5.74) is 0.506. The van der Waals surface area contributed by atoms with Gasteiger partial charge >= 0.3 is 0 Å². The SMILES string of the molecule is O=C(Cl)c1ccccc1C(CF)CF. The van der Waals surface area contributed by atoms with E-state index in [2.05, 4.69) is 0 Å². The van der Waals surface area contributed by atoms with E-state index in [1.54, 1.807) is 12.1 Å². The van der Waals surface area contributed by atoms with Gasteiger partial charge in [0.1, 0.15) is 0 Å². The monoisotopic (exact) mass is 218 g/mol. The maximum absolute atomic E-state index is 12.4. The fourth-order valence-corrected chi connectivity index (χ4v) is 1.41. The van der Waals surface area contributed by atoms with Gasteiger partial charge in [0.15, 0.2) is 0 Å². The van der Waals surface area contributed by atoms with Crippen LogP contribution in [-0.2, 0) is 0 Å². The number of carbonyl (C=O) groups is 1. The largest absolute Gasteiger partial charge is 0.276 e. The van der Waals surface area contributed by atoms with Gasteiger partial charge in [-0.15, -0.1) is 0 Å². The lowest BCUT2D eigenvalue weighted by atomic mass is 9.97. The fraction of sp³-hybridized carbons (Fsp3) is 0.300. The average molecular weight is 219 g/mol. The van der Waals surface area contributed by atoms with Crippen LogP contribution in [0.1, 0.15) is 21.8 Å². The number of halogens is 3. The van der Waals surface area contributed by atoms with Crippen LogP contribution < -0.4 is 0 Å². The molecule has 0 atom stereocenters. The summed E-state index contributed by atoms with van der Waals surface area (Å²) in [4.78, 5) is 10.9. The third-order valence-electron chi connectivity index (χ3n) is 1.98. The van der Waals surface area contributed by atoms with E-state index in [0.717, 1.165) is 0 Å². The summed E-state index contributed by atoms with van der Waals surface area (Å²) in [6, 6.07) is 6.20. The molecular weight excluding hydrogens is 210 g/mol. The van der Waals surface area contributed by atoms with Gasteiger partial charge in [0.05, 0.1) is 13.3 Å². The van der Waals surface area contributed by atoms with Crippen molar-refractivity contribution in [2.75, 3.05) is 13.3 Å². The summed E-state index contributed by atoms with van der Waals surface area (Å²) in [6.07, 6.45) is 0. The van der Waals surface area contributed by atoms with Gasteiger partial charge in [-0.2, -0.15) is 0 Å². The molecule has 1 aromatic rings. The van der Waals surface area contributed by atoms with Crippen LogP contribution in [0.3, 0.4) is 0 Å². The maximum atomic E-state index is 12.4. The fourth-order valence-electron chi connectivity index (χ4n) is 1.24. The van der Waals surface area contributed by atoms with E-state index in [9.17, 15) is 13.6 Å². The van der Waals surface area contributed by atoms with Crippen molar-refractivity contribution in [1.82, 2.24) is 0 Å². The minimum atomic E-state index is -0.895. The number of hydrogen-bond acceptors (Lipinski definition) is 1. The van der Waals surface area contributed by atoms with Crippen molar-refractivity contribution < 1.29 is 13.6 Å². The van der Waals surface area contributed by atoms with Gasteiger partial charge in [-0.25, -0.2) is 0 Å². The van der Waals surface area contributed by atoms with Gasteiger partial charge in [0.25, 0.3) is 5.24 Å². The van der Waals surface area contributed by atoms with Gasteiger partial charge in [-0.3, -0.25) is 13.6 Å². The number of alkyl halides is 2. The minimum Gasteiger partial charge on any atom is -0.276 e. The van der Waals surface area contributed by atoms with E-state index >= 15 is 0 Å². The Morgan fingerprint density at radius 1 is 1.29 bits per heavy atom. The second kappa shape index (κ2) is 5.05. The highest BCUT2D eigenvalue weighted by atomic mass is 35.5. The van der Waals surface area contributed by atoms with E-state index in [4.69, 9.17) is 11.6 Å². The second-order valence-electron chi connectivity index (χ2n) is 2.87. The molecule has 1 nitrogen and oxygen atoms in total. The molecule has 0 aliphatic carbocycles. The van der Waals surface area contributed by atoms with E-state index < -0.39 is 24.5 Å². The zero-order valence-corrected chi connectivity index (χ0v) is 8.10. The van der Waals surface area contributed by atoms with Crippen molar-refractivity contribution in [1.29, 1.82) is 0 Å². The van der Waals surface area contributed by atoms with Crippen molar-refractivity contribution in [3.05, 3.63) is 35.4 Å². The Balaban J connectivity index is 3.11. The zero-order chi connectivity index (χ0) is 10.6. The second-order valence-corrected chi connectivity index (χ2v) is 3.21. The van der Waals surface area contributed by atoms with Gasteiger partial charge in [-0.1, -0.05) is 18.2 Å². The molecule has 0 aromatic heterocycles. The Labute approximate surface area is 85.7 Å². The number of hydrogen-bond donors (Lipinski definition) is 0. The molecule has 0 bridgehead atoms. The molecule has 0 radical (unpaired) electrons. The molecule has 0 heterocycles. The van der Waals surface area contributed by atoms with Gasteiger partial charge < -0.3 is 0 Å². The first-order valence-corrected chi connectivity index (χ1v) is 4.49. The zero-order valence-electron chi connectivity index (χ0n) is 7.34. The summed E-state index contributed by atoms with van der Waals surface area (Å²) in [6.45, 7) is -1.67. The van der Waals surface area contributed by atoms with E-state index in [1.807, 2.05) is 0 Å². The van der Waals surface area contributed by atoms with Crippen molar-refractivity contribution in [2.24, 2.45) is 0 Å². The molecule has 4 heteroatoms. The minimum absolute atomic E-state index is 0.175. The summed E-state index contributed by atoms with van der Waals surface area (Å²) < 4.78 is 24.8. The molecule has 0 fully saturated rings. The summed E-state index contributed by atoms with van der Waals surface area (Å²) in [7, 11) is 0. The van der Waals surface area contributed by atoms with Crippen LogP contribution in [0.15, 0.2) is 24.3 Å². The van der Waals surface area contributed by atoms with Crippen LogP contribution in [0.25, 0.3) is 0 Å². The molecule has 1 rings (SSSR count). The highest BCUT2D eigenvalue weighted by molar-refractivity contribution is 6.67. The van der Waals surface area contributed by atoms with E-state index in [1.165, 1.54) is 12.1 Å². The lowest BCUT2D eigenvalue weighted by molar-refractivity contribution is 0.108. The number of benzene rings is 1. The third-order valence-corrected chi connectivity index (χ3v) is 2.19. The summed E-state index contributed by atoms with van der Waals surface area (Å²) in [5.74, 6) is -0.895. The average Bonchev–Trinajstić information content (AvgIpc) is 2.20. The molecule has 0 unspecified atom stereocenters. The van der Waals surface area contributed by atoms with Crippen molar-refractivity contribution in [3.8, 4) is 0 Å². The van der Waals surface area contributed by atoms with Gasteiger partial charge in [-0.05, 0) is 23.2 Å². The predicted molar refractivity (Wildman–Crippen MR) is 51.3 cm³/mol. The Bertz CT molecular complexity index is 324. The van der Waals surface area contributed by atoms with Crippen molar-refractivity contribution in [2.45, 2.75) is 5.92 Å². The molecular formula is C10H9ClF2O. The number of rotatable bonds is 4. The first-order chi connectivity index (χ1) is 6.70. The smallest absolute Gasteiger partial charge is 0.252 e. The van der Waals surface area contributed by atoms with Crippen LogP contribution in [-0.4, -0.2) is 18.6 Å². The Morgan fingerprint density at radius 3 is 2.36 bits per heavy atom. The van der Waals surface area contributed by atoms with Crippen molar-refractivity contribution in [3.63, 3.8) is 0 Å². The molecule has 0 amide bonds. The molecule has 0 saturated heterocycles. The molecule has 0 aliphatic heterocycles. The van der Waals surface area contributed by atoms with Crippen LogP contribution >= 0.6 is 11.6 Å². The van der Waals surface area contributed by atoms with Gasteiger partial charge in [0, 0.05) is 11.5 Å². The quantitative estimate of drug-likeness (QED) is 0.710. The van der Waals surface area contributed by atoms with E-state index in [0.29, 0.717) is 5.56 Å². The Kier molecular flexibility index (Phi) is 4.01. The molecule has 76 valence electrons. The van der Waals surface area contributed by atoms with Crippen LogP contribution in [0, 0.1) is 0 Å². The van der Waals surface area contributed by atoms with Gasteiger partial charge in [0.2, 0.25) is 0 Å². The van der Waals surface area contributed by atoms with E-state index in [-0.39, 0.29) is 5.56 Å². The first-order valence-electron chi connectivity index (χ1n) is 4.11. The molecule has 0 N–H and O–H groups in total.